The smallest absolute Gasteiger partial charge is 0.118 e. The molecule has 0 fully saturated rings. The summed E-state index contributed by atoms with van der Waals surface area (Å²) in [6.07, 6.45) is 1.02. The van der Waals surface area contributed by atoms with E-state index in [4.69, 9.17) is 4.74 Å². The molecule has 0 unspecified atom stereocenters. The Morgan fingerprint density at radius 1 is 1.16 bits per heavy atom. The second kappa shape index (κ2) is 5.17. The monoisotopic (exact) mass is 271 g/mol. The summed E-state index contributed by atoms with van der Waals surface area (Å²) >= 11 is 1.91. The van der Waals surface area contributed by atoms with Crippen LogP contribution >= 0.6 is 11.8 Å². The maximum Gasteiger partial charge on any atom is 0.118 e. The fraction of sp³-hybridized carbons (Fsp3) is 0.250. The maximum atomic E-state index is 5.18. The van der Waals surface area contributed by atoms with Gasteiger partial charge in [0.25, 0.3) is 0 Å². The minimum Gasteiger partial charge on any atom is -0.497 e. The molecule has 1 atom stereocenters. The van der Waals surface area contributed by atoms with Crippen molar-refractivity contribution in [1.29, 1.82) is 0 Å². The van der Waals surface area contributed by atoms with Crippen LogP contribution < -0.4 is 10.1 Å². The van der Waals surface area contributed by atoms with Gasteiger partial charge in [0, 0.05) is 17.0 Å². The van der Waals surface area contributed by atoms with Gasteiger partial charge in [-0.1, -0.05) is 30.0 Å². The average Bonchev–Trinajstić information content (AvgIpc) is 2.81. The first kappa shape index (κ1) is 12.4. The first-order valence-electron chi connectivity index (χ1n) is 6.41. The Labute approximate surface area is 118 Å². The van der Waals surface area contributed by atoms with E-state index < -0.39 is 0 Å². The Bertz CT molecular complexity index is 580. The molecule has 1 aliphatic rings. The van der Waals surface area contributed by atoms with Gasteiger partial charge < -0.3 is 10.1 Å². The lowest BCUT2D eigenvalue weighted by Gasteiger charge is -2.10. The van der Waals surface area contributed by atoms with Crippen LogP contribution in [0, 0.1) is 6.92 Å². The van der Waals surface area contributed by atoms with E-state index in [2.05, 4.69) is 42.6 Å². The molecule has 2 aromatic rings. The third kappa shape index (κ3) is 2.71. The van der Waals surface area contributed by atoms with E-state index in [9.17, 15) is 0 Å². The number of hydrogen-bond acceptors (Lipinski definition) is 3. The Morgan fingerprint density at radius 3 is 2.68 bits per heavy atom. The lowest BCUT2D eigenvalue weighted by molar-refractivity contribution is 0.414. The highest BCUT2D eigenvalue weighted by atomic mass is 32.2. The normalized spacial score (nSPS) is 16.8. The molecule has 0 radical (unpaired) electrons. The van der Waals surface area contributed by atoms with Crippen molar-refractivity contribution in [1.82, 2.24) is 0 Å². The Hall–Kier alpha value is -1.61. The van der Waals surface area contributed by atoms with Crippen LogP contribution in [0.15, 0.2) is 47.4 Å². The van der Waals surface area contributed by atoms with Gasteiger partial charge in [-0.3, -0.25) is 0 Å². The summed E-state index contributed by atoms with van der Waals surface area (Å²) in [6, 6.07) is 14.9. The zero-order valence-corrected chi connectivity index (χ0v) is 12.0. The summed E-state index contributed by atoms with van der Waals surface area (Å²) in [5, 5.41) is 3.99. The van der Waals surface area contributed by atoms with Gasteiger partial charge in [0.15, 0.2) is 0 Å². The van der Waals surface area contributed by atoms with Crippen LogP contribution in [0.2, 0.25) is 0 Å². The van der Waals surface area contributed by atoms with Gasteiger partial charge in [-0.05, 0) is 42.3 Å². The Balaban J connectivity index is 1.69. The van der Waals surface area contributed by atoms with Crippen molar-refractivity contribution in [2.75, 3.05) is 12.4 Å². The van der Waals surface area contributed by atoms with Crippen molar-refractivity contribution in [3.05, 3.63) is 53.6 Å². The molecule has 0 bridgehead atoms. The molecule has 0 aliphatic carbocycles. The summed E-state index contributed by atoms with van der Waals surface area (Å²) in [4.78, 5) is 1.36. The number of rotatable bonds is 3. The minimum atomic E-state index is 0.421. The topological polar surface area (TPSA) is 21.3 Å². The van der Waals surface area contributed by atoms with Gasteiger partial charge in [-0.2, -0.15) is 0 Å². The van der Waals surface area contributed by atoms with Crippen molar-refractivity contribution in [3.63, 3.8) is 0 Å². The quantitative estimate of drug-likeness (QED) is 0.908. The summed E-state index contributed by atoms with van der Waals surface area (Å²) in [7, 11) is 1.70. The highest BCUT2D eigenvalue weighted by molar-refractivity contribution is 8.00. The molecule has 0 amide bonds. The molecular weight excluding hydrogens is 254 g/mol. The zero-order chi connectivity index (χ0) is 13.2. The lowest BCUT2D eigenvalue weighted by Crippen LogP contribution is -2.13. The molecule has 1 N–H and O–H groups in total. The van der Waals surface area contributed by atoms with E-state index in [0.717, 1.165) is 12.2 Å². The number of nitrogens with one attached hydrogen (secondary N) is 1. The largest absolute Gasteiger partial charge is 0.497 e. The van der Waals surface area contributed by atoms with Gasteiger partial charge in [-0.25, -0.2) is 0 Å². The number of hydrogen-bond donors (Lipinski definition) is 1. The fourth-order valence-electron chi connectivity index (χ4n) is 2.27. The van der Waals surface area contributed by atoms with Crippen molar-refractivity contribution in [2.24, 2.45) is 0 Å². The van der Waals surface area contributed by atoms with Crippen LogP contribution in [0.3, 0.4) is 0 Å². The van der Waals surface area contributed by atoms with Crippen LogP contribution in [0.25, 0.3) is 0 Å². The average molecular weight is 271 g/mol. The van der Waals surface area contributed by atoms with E-state index in [-0.39, 0.29) is 0 Å². The van der Waals surface area contributed by atoms with Crippen LogP contribution in [-0.4, -0.2) is 12.5 Å². The van der Waals surface area contributed by atoms with Gasteiger partial charge in [-0.15, -0.1) is 0 Å². The predicted octanol–water partition coefficient (Wildman–Crippen LogP) is 4.09. The van der Waals surface area contributed by atoms with E-state index in [1.165, 1.54) is 21.7 Å². The number of benzene rings is 2. The molecular formula is C16H17NOS. The molecule has 2 nitrogen and oxygen atoms in total. The molecule has 0 saturated carbocycles. The lowest BCUT2D eigenvalue weighted by atomic mass is 10.1. The van der Waals surface area contributed by atoms with Crippen molar-refractivity contribution in [2.45, 2.75) is 23.6 Å². The van der Waals surface area contributed by atoms with Crippen molar-refractivity contribution < 1.29 is 4.74 Å². The number of anilines is 1. The third-order valence-electron chi connectivity index (χ3n) is 3.30. The van der Waals surface area contributed by atoms with Crippen LogP contribution in [-0.2, 0) is 6.42 Å². The van der Waals surface area contributed by atoms with E-state index >= 15 is 0 Å². The van der Waals surface area contributed by atoms with Crippen LogP contribution in [0.5, 0.6) is 5.75 Å². The van der Waals surface area contributed by atoms with Crippen molar-refractivity contribution >= 4 is 17.4 Å². The molecule has 1 aliphatic heterocycles. The summed E-state index contributed by atoms with van der Waals surface area (Å²) in [5.74, 6) is 0.912. The highest BCUT2D eigenvalue weighted by Gasteiger charge is 2.21. The van der Waals surface area contributed by atoms with Gasteiger partial charge in [0.2, 0.25) is 0 Å². The second-order valence-electron chi connectivity index (χ2n) is 4.80. The number of thioether (sulfide) groups is 1. The Morgan fingerprint density at radius 2 is 1.95 bits per heavy atom. The van der Waals surface area contributed by atoms with Crippen LogP contribution in [0.4, 0.5) is 5.69 Å². The molecule has 3 rings (SSSR count). The molecule has 19 heavy (non-hydrogen) atoms. The predicted molar refractivity (Wildman–Crippen MR) is 81.1 cm³/mol. The number of fused-ring (bicyclic) bond motifs is 1. The molecule has 0 saturated heterocycles. The highest BCUT2D eigenvalue weighted by Crippen LogP contribution is 2.40. The van der Waals surface area contributed by atoms with Gasteiger partial charge in [0.1, 0.15) is 5.75 Å². The maximum absolute atomic E-state index is 5.18. The summed E-state index contributed by atoms with van der Waals surface area (Å²) in [6.45, 7) is 2.14. The minimum absolute atomic E-state index is 0.421. The van der Waals surface area contributed by atoms with E-state index in [1.807, 2.05) is 23.9 Å². The van der Waals surface area contributed by atoms with Gasteiger partial charge in [0.05, 0.1) is 12.5 Å². The Kier molecular flexibility index (Phi) is 3.38. The zero-order valence-electron chi connectivity index (χ0n) is 11.1. The number of aryl methyl sites for hydroxylation is 1. The number of methoxy groups -OCH3 is 1. The molecule has 0 spiro atoms. The molecule has 98 valence electrons. The third-order valence-corrected chi connectivity index (χ3v) is 4.46. The first-order chi connectivity index (χ1) is 9.24. The molecule has 1 heterocycles. The van der Waals surface area contributed by atoms with E-state index in [0.29, 0.717) is 5.37 Å². The van der Waals surface area contributed by atoms with E-state index in [1.54, 1.807) is 7.11 Å². The summed E-state index contributed by atoms with van der Waals surface area (Å²) in [5.41, 5.74) is 3.91. The van der Waals surface area contributed by atoms with Gasteiger partial charge >= 0.3 is 0 Å². The number of ether oxygens (including phenoxy) is 1. The molecule has 3 heteroatoms. The second-order valence-corrected chi connectivity index (χ2v) is 6.05. The SMILES string of the molecule is COc1ccc(C[C@@H]2Nc3ccc(C)cc3S2)cc1. The van der Waals surface area contributed by atoms with Crippen LogP contribution in [0.1, 0.15) is 11.1 Å². The fourth-order valence-corrected chi connectivity index (χ4v) is 3.55. The summed E-state index contributed by atoms with van der Waals surface area (Å²) < 4.78 is 5.18. The standard InChI is InChI=1S/C16H17NOS/c1-11-3-8-14-15(9-11)19-16(17-14)10-12-4-6-13(18-2)7-5-12/h3-9,16-17H,10H2,1-2H3/t16-/m1/s1. The first-order valence-corrected chi connectivity index (χ1v) is 7.29. The molecule has 0 aromatic heterocycles. The molecule has 2 aromatic carbocycles. The van der Waals surface area contributed by atoms with Crippen molar-refractivity contribution in [3.8, 4) is 5.75 Å².